The number of hydrogen-bond donors (Lipinski definition) is 4. The van der Waals surface area contributed by atoms with E-state index in [0.717, 1.165) is 33.7 Å². The standard InChI is InChI=1S/C55H63ClN6O15S2/c1-31-12-11-13-41(73-6)39-27-37(75-54(69)58-39)28-46-55(4,77-46)45(29-50(66)61(5)40-24-34(22-31)25-42(74-7)52(40)56)76-51(67)30-78-43-18-15-35(23-32(43)2)33(3)59-60-53(68)38-17-16-36(26-44(38)79(70,71)72)57-47(63)14-9-8-10-21-62-48(64)19-20-49(62)65/h11-13,15-20,23-26,37,39,41,45-46H,8-10,14,21-22,27-30H2,1-7H3,(H,57,63)(H,58,69)(H,60,68)(H,70,71,72)/b13-11+,31-12+,59-33+/t37?,39?,41-,45+,46?,55?/m1/s1. The molecule has 0 spiro atoms. The van der Waals surface area contributed by atoms with E-state index in [-0.39, 0.29) is 54.1 Å². The number of thioether (sulfide) groups is 1. The van der Waals surface area contributed by atoms with Crippen molar-refractivity contribution >= 4 is 92.2 Å². The number of methoxy groups -OCH3 is 2. The van der Waals surface area contributed by atoms with E-state index in [0.29, 0.717) is 59.7 Å². The molecule has 4 bridgehead atoms. The number of carbonyl (C=O) groups is 7. The second-order valence-corrected chi connectivity index (χ2v) is 22.5. The van der Waals surface area contributed by atoms with Crippen LogP contribution in [0.1, 0.15) is 92.8 Å². The van der Waals surface area contributed by atoms with Crippen LogP contribution >= 0.6 is 23.4 Å². The number of nitrogens with zero attached hydrogens (tertiary/aromatic N) is 3. The van der Waals surface area contributed by atoms with Crippen LogP contribution in [-0.4, -0.2) is 135 Å². The summed E-state index contributed by atoms with van der Waals surface area (Å²) >= 11 is 8.01. The Morgan fingerprint density at radius 3 is 2.44 bits per heavy atom. The van der Waals surface area contributed by atoms with Crippen molar-refractivity contribution in [1.82, 2.24) is 15.6 Å². The average Bonchev–Trinajstić information content (AvgIpc) is 4.11. The van der Waals surface area contributed by atoms with E-state index in [2.05, 4.69) is 21.2 Å². The van der Waals surface area contributed by atoms with Gasteiger partial charge in [0.2, 0.25) is 11.8 Å². The number of nitrogens with one attached hydrogen (secondary N) is 3. The van der Waals surface area contributed by atoms with Crippen molar-refractivity contribution in [3.8, 4) is 5.75 Å². The number of epoxide rings is 1. The van der Waals surface area contributed by atoms with E-state index < -0.39 is 86.4 Å². The number of ether oxygens (including phenoxy) is 5. The average molecular weight is 1150 g/mol. The number of carbonyl (C=O) groups excluding carboxylic acids is 7. The van der Waals surface area contributed by atoms with Crippen LogP contribution in [0.15, 0.2) is 99.4 Å². The maximum absolute atomic E-state index is 14.3. The van der Waals surface area contributed by atoms with Crippen LogP contribution in [0.4, 0.5) is 16.2 Å². The highest BCUT2D eigenvalue weighted by Gasteiger charge is 2.61. The van der Waals surface area contributed by atoms with Gasteiger partial charge in [-0.05, 0) is 106 Å². The van der Waals surface area contributed by atoms with Gasteiger partial charge in [0, 0.05) is 62.7 Å². The van der Waals surface area contributed by atoms with Gasteiger partial charge in [-0.15, -0.1) is 11.8 Å². The van der Waals surface area contributed by atoms with Crippen molar-refractivity contribution < 1.29 is 70.2 Å². The molecule has 4 aliphatic rings. The topological polar surface area (TPSA) is 278 Å². The van der Waals surface area contributed by atoms with Gasteiger partial charge < -0.3 is 39.2 Å². The van der Waals surface area contributed by atoms with E-state index >= 15 is 0 Å². The number of allylic oxidation sites excluding steroid dienone is 3. The third kappa shape index (κ3) is 15.3. The van der Waals surface area contributed by atoms with Gasteiger partial charge in [-0.2, -0.15) is 13.5 Å². The number of anilines is 2. The predicted octanol–water partition coefficient (Wildman–Crippen LogP) is 7.03. The van der Waals surface area contributed by atoms with Crippen molar-refractivity contribution in [3.63, 3.8) is 0 Å². The third-order valence-electron chi connectivity index (χ3n) is 13.9. The summed E-state index contributed by atoms with van der Waals surface area (Å²) in [6.45, 7) is 7.35. The van der Waals surface area contributed by atoms with E-state index in [1.165, 1.54) is 42.0 Å². The summed E-state index contributed by atoms with van der Waals surface area (Å²) in [5.74, 6) is -3.04. The summed E-state index contributed by atoms with van der Waals surface area (Å²) in [6, 6.07) is 11.8. The monoisotopic (exact) mass is 1150 g/mol. The Kier molecular flexibility index (Phi) is 19.6. The number of benzene rings is 3. The third-order valence-corrected chi connectivity index (χ3v) is 16.4. The first-order valence-corrected chi connectivity index (χ1v) is 28.2. The molecule has 21 nitrogen and oxygen atoms in total. The second-order valence-electron chi connectivity index (χ2n) is 19.7. The number of hydrogen-bond acceptors (Lipinski definition) is 16. The van der Waals surface area contributed by atoms with Crippen molar-refractivity contribution in [2.24, 2.45) is 5.10 Å². The van der Waals surface area contributed by atoms with Gasteiger partial charge in [0.1, 0.15) is 33.5 Å². The molecule has 6 atom stereocenters. The minimum Gasteiger partial charge on any atom is -0.495 e. The summed E-state index contributed by atoms with van der Waals surface area (Å²) in [6.07, 6.45) is 7.12. The molecule has 24 heteroatoms. The molecular weight excluding hydrogens is 1080 g/mol. The smallest absolute Gasteiger partial charge is 0.407 e. The molecule has 79 heavy (non-hydrogen) atoms. The van der Waals surface area contributed by atoms with Crippen LogP contribution in [0.5, 0.6) is 5.75 Å². The summed E-state index contributed by atoms with van der Waals surface area (Å²) in [5, 5.41) is 9.79. The number of unbranched alkanes of at least 4 members (excludes halogenated alkanes) is 2. The lowest BCUT2D eigenvalue weighted by Crippen LogP contribution is -2.51. The zero-order valence-corrected chi connectivity index (χ0v) is 47.1. The number of esters is 1. The van der Waals surface area contributed by atoms with Crippen LogP contribution in [0.2, 0.25) is 5.02 Å². The van der Waals surface area contributed by atoms with Gasteiger partial charge in [0.25, 0.3) is 27.8 Å². The Labute approximate surface area is 467 Å². The zero-order valence-electron chi connectivity index (χ0n) is 44.7. The fourth-order valence-electron chi connectivity index (χ4n) is 9.41. The van der Waals surface area contributed by atoms with Crippen molar-refractivity contribution in [1.29, 1.82) is 0 Å². The Morgan fingerprint density at radius 2 is 1.75 bits per heavy atom. The normalized spacial score (nSPS) is 23.7. The molecule has 4 N–H and O–H groups in total. The van der Waals surface area contributed by atoms with Gasteiger partial charge >= 0.3 is 12.1 Å². The van der Waals surface area contributed by atoms with Crippen molar-refractivity contribution in [2.75, 3.05) is 43.8 Å². The Balaban J connectivity index is 0.991. The fraction of sp³-hybridized carbons (Fsp3) is 0.418. The highest BCUT2D eigenvalue weighted by atomic mass is 35.5. The molecule has 0 radical (unpaired) electrons. The number of alkyl carbamates (subject to hydrolysis) is 1. The Bertz CT molecular complexity index is 3130. The van der Waals surface area contributed by atoms with Crippen LogP contribution in [0.25, 0.3) is 0 Å². The molecule has 0 aliphatic carbocycles. The molecular formula is C55H63ClN6O15S2. The lowest BCUT2D eigenvalue weighted by molar-refractivity contribution is -0.150. The van der Waals surface area contributed by atoms with Crippen LogP contribution in [0, 0.1) is 6.92 Å². The molecule has 0 saturated carbocycles. The van der Waals surface area contributed by atoms with Gasteiger partial charge in [-0.3, -0.25) is 38.2 Å². The zero-order chi connectivity index (χ0) is 57.3. The van der Waals surface area contributed by atoms with E-state index in [1.54, 1.807) is 52.3 Å². The summed E-state index contributed by atoms with van der Waals surface area (Å²) in [4.78, 5) is 92.8. The molecule has 422 valence electrons. The maximum Gasteiger partial charge on any atom is 0.407 e. The van der Waals surface area contributed by atoms with Gasteiger partial charge in [-0.1, -0.05) is 47.9 Å². The summed E-state index contributed by atoms with van der Waals surface area (Å²) in [7, 11) is -0.326. The van der Waals surface area contributed by atoms with E-state index in [1.807, 2.05) is 38.1 Å². The van der Waals surface area contributed by atoms with Crippen LogP contribution in [-0.2, 0) is 59.5 Å². The van der Waals surface area contributed by atoms with Crippen molar-refractivity contribution in [2.45, 2.75) is 125 Å². The van der Waals surface area contributed by atoms with Crippen molar-refractivity contribution in [3.05, 3.63) is 112 Å². The Hall–Kier alpha value is -6.89. The molecule has 4 aliphatic heterocycles. The number of imide groups is 1. The number of aryl methyl sites for hydroxylation is 1. The number of halogens is 1. The van der Waals surface area contributed by atoms with E-state index in [9.17, 15) is 46.5 Å². The van der Waals surface area contributed by atoms with Gasteiger partial charge in [0.05, 0.1) is 54.5 Å². The first-order valence-electron chi connectivity index (χ1n) is 25.4. The number of amides is 6. The second kappa shape index (κ2) is 25.9. The number of hydrazone groups is 1. The SMILES string of the molecule is COc1cc2cc(c1Cl)N(C)C(=O)C[C@H](OC(=O)CSc1ccc(/C(C)=N/NC(=O)c3ccc(NC(=O)CCCCCN4C(=O)C=CC4=O)cc3S(=O)(=O)O)cc1C)C1(C)OC1CC1CC(NC(=O)O1)[C@H](OC)/C=C/C=C(\C)C2. The Morgan fingerprint density at radius 1 is 1.00 bits per heavy atom. The van der Waals surface area contributed by atoms with Crippen LogP contribution in [0.3, 0.4) is 0 Å². The minimum absolute atomic E-state index is 0.0121. The molecule has 7 rings (SSSR count). The number of rotatable bonds is 17. The lowest BCUT2D eigenvalue weighted by atomic mass is 9.91. The highest BCUT2D eigenvalue weighted by Crippen LogP contribution is 2.46. The first-order chi connectivity index (χ1) is 37.5. The number of fused-ring (bicyclic) bond motifs is 5. The first kappa shape index (κ1) is 59.8. The predicted molar refractivity (Wildman–Crippen MR) is 294 cm³/mol. The summed E-state index contributed by atoms with van der Waals surface area (Å²) < 4.78 is 64.4. The maximum atomic E-state index is 14.3. The lowest BCUT2D eigenvalue weighted by Gasteiger charge is -2.33. The minimum atomic E-state index is -4.96. The fourth-order valence-corrected chi connectivity index (χ4v) is 11.2. The molecule has 3 aromatic carbocycles. The molecule has 4 heterocycles. The molecule has 2 fully saturated rings. The highest BCUT2D eigenvalue weighted by molar-refractivity contribution is 8.00. The molecule has 2 saturated heterocycles. The van der Waals surface area contributed by atoms with E-state index in [4.69, 9.17) is 35.3 Å². The molecule has 6 amide bonds. The van der Waals surface area contributed by atoms with Crippen LogP contribution < -0.4 is 25.7 Å². The van der Waals surface area contributed by atoms with Gasteiger partial charge in [0.15, 0.2) is 0 Å². The molecule has 0 aromatic heterocycles. The van der Waals surface area contributed by atoms with Gasteiger partial charge in [-0.25, -0.2) is 10.2 Å². The molecule has 3 aromatic rings. The molecule has 4 unspecified atom stereocenters. The summed E-state index contributed by atoms with van der Waals surface area (Å²) in [5.41, 5.74) is 4.58. The quantitative estimate of drug-likeness (QED) is 0.0154. The largest absolute Gasteiger partial charge is 0.495 e.